The summed E-state index contributed by atoms with van der Waals surface area (Å²) in [5.74, 6) is 1.01. The van der Waals surface area contributed by atoms with E-state index in [2.05, 4.69) is 37.8 Å². The van der Waals surface area contributed by atoms with E-state index < -0.39 is 6.23 Å². The first-order chi connectivity index (χ1) is 16.1. The van der Waals surface area contributed by atoms with Crippen LogP contribution in [0.15, 0.2) is 65.8 Å². The van der Waals surface area contributed by atoms with Crippen LogP contribution >= 0.6 is 23.1 Å². The summed E-state index contributed by atoms with van der Waals surface area (Å²) in [4.78, 5) is 14.4. The van der Waals surface area contributed by atoms with Gasteiger partial charge >= 0.3 is 0 Å². The molecule has 9 heteroatoms. The summed E-state index contributed by atoms with van der Waals surface area (Å²) in [5.41, 5.74) is 2.89. The molecular weight excluding hydrogens is 452 g/mol. The van der Waals surface area contributed by atoms with E-state index in [1.807, 2.05) is 67.2 Å². The van der Waals surface area contributed by atoms with Gasteiger partial charge in [0.25, 0.3) is 0 Å². The van der Waals surface area contributed by atoms with E-state index in [0.717, 1.165) is 44.5 Å². The van der Waals surface area contributed by atoms with Gasteiger partial charge in [0.1, 0.15) is 6.23 Å². The molecule has 0 bridgehead atoms. The van der Waals surface area contributed by atoms with Gasteiger partial charge in [-0.3, -0.25) is 5.32 Å². The molecule has 0 aliphatic rings. The van der Waals surface area contributed by atoms with Crippen molar-refractivity contribution < 1.29 is 5.11 Å². The molecule has 4 aromatic rings. The second-order valence-electron chi connectivity index (χ2n) is 7.83. The van der Waals surface area contributed by atoms with Crippen LogP contribution in [0.1, 0.15) is 24.3 Å². The number of thiazole rings is 1. The maximum atomic E-state index is 10.5. The summed E-state index contributed by atoms with van der Waals surface area (Å²) in [5, 5.41) is 21.3. The third-order valence-corrected chi connectivity index (χ3v) is 6.80. The molecule has 0 spiro atoms. The Balaban J connectivity index is 1.28. The fraction of sp³-hybridized carbons (Fsp3) is 0.292. The Morgan fingerprint density at radius 3 is 2.55 bits per heavy atom. The van der Waals surface area contributed by atoms with Gasteiger partial charge in [0.05, 0.1) is 10.2 Å². The van der Waals surface area contributed by atoms with Gasteiger partial charge in [-0.1, -0.05) is 54.7 Å². The third kappa shape index (κ3) is 6.64. The zero-order valence-electron chi connectivity index (χ0n) is 18.7. The Morgan fingerprint density at radius 1 is 1.03 bits per heavy atom. The number of fused-ring (bicyclic) bond motifs is 1. The van der Waals surface area contributed by atoms with Gasteiger partial charge in [-0.2, -0.15) is 0 Å². The van der Waals surface area contributed by atoms with Crippen LogP contribution < -0.4 is 16.0 Å². The summed E-state index contributed by atoms with van der Waals surface area (Å²) >= 11 is 3.22. The van der Waals surface area contributed by atoms with Crippen molar-refractivity contribution in [1.29, 1.82) is 0 Å². The predicted molar refractivity (Wildman–Crippen MR) is 138 cm³/mol. The van der Waals surface area contributed by atoms with Crippen molar-refractivity contribution in [2.24, 2.45) is 5.92 Å². The Hall–Kier alpha value is -2.72. The van der Waals surface area contributed by atoms with E-state index >= 15 is 0 Å². The van der Waals surface area contributed by atoms with Crippen molar-refractivity contribution in [2.45, 2.75) is 24.6 Å². The van der Waals surface area contributed by atoms with Crippen LogP contribution in [0, 0.1) is 5.92 Å². The van der Waals surface area contributed by atoms with E-state index in [0.29, 0.717) is 18.4 Å². The third-order valence-electron chi connectivity index (χ3n) is 5.14. The highest BCUT2D eigenvalue weighted by atomic mass is 32.2. The highest BCUT2D eigenvalue weighted by Crippen LogP contribution is 2.28. The van der Waals surface area contributed by atoms with Gasteiger partial charge < -0.3 is 15.7 Å². The minimum Gasteiger partial charge on any atom is -0.374 e. The average molecular weight is 481 g/mol. The minimum atomic E-state index is -0.730. The average Bonchev–Trinajstić information content (AvgIpc) is 3.28. The minimum absolute atomic E-state index is 0.361. The lowest BCUT2D eigenvalue weighted by Crippen LogP contribution is -2.20. The van der Waals surface area contributed by atoms with Crippen LogP contribution in [0.5, 0.6) is 0 Å². The smallest absolute Gasteiger partial charge is 0.222 e. The zero-order chi connectivity index (χ0) is 23.0. The van der Waals surface area contributed by atoms with Crippen molar-refractivity contribution in [2.75, 3.05) is 30.0 Å². The highest BCUT2D eigenvalue weighted by molar-refractivity contribution is 7.98. The van der Waals surface area contributed by atoms with Crippen molar-refractivity contribution >= 4 is 44.4 Å². The van der Waals surface area contributed by atoms with Crippen LogP contribution in [-0.2, 0) is 6.54 Å². The normalized spacial score (nSPS) is 13.1. The van der Waals surface area contributed by atoms with Gasteiger partial charge in [0.2, 0.25) is 5.95 Å². The molecule has 33 heavy (non-hydrogen) atoms. The number of aliphatic hydroxyl groups is 1. The molecule has 0 saturated heterocycles. The molecule has 0 fully saturated rings. The lowest BCUT2D eigenvalue weighted by molar-refractivity contribution is 0.137. The topological polar surface area (TPSA) is 95.0 Å². The summed E-state index contributed by atoms with van der Waals surface area (Å²) < 4.78 is 1.05. The van der Waals surface area contributed by atoms with Crippen LogP contribution in [-0.4, -0.2) is 39.4 Å². The fourth-order valence-electron chi connectivity index (χ4n) is 3.23. The number of aromatic nitrogens is 3. The number of rotatable bonds is 11. The second kappa shape index (κ2) is 11.4. The molecule has 172 valence electrons. The molecule has 0 aliphatic heterocycles. The molecule has 2 aromatic carbocycles. The Labute approximate surface area is 202 Å². The second-order valence-corrected chi connectivity index (χ2v) is 9.74. The zero-order valence-corrected chi connectivity index (χ0v) is 20.3. The van der Waals surface area contributed by atoms with E-state index in [-0.39, 0.29) is 0 Å². The molecule has 7 nitrogen and oxygen atoms in total. The monoisotopic (exact) mass is 480 g/mol. The molecule has 0 saturated carbocycles. The number of hydrogen-bond acceptors (Lipinski definition) is 9. The van der Waals surface area contributed by atoms with E-state index in [4.69, 9.17) is 0 Å². The first-order valence-corrected chi connectivity index (χ1v) is 12.8. The van der Waals surface area contributed by atoms with Gasteiger partial charge in [-0.15, -0.1) is 11.8 Å². The van der Waals surface area contributed by atoms with Crippen LogP contribution in [0.3, 0.4) is 0 Å². The standard InChI is InChI=1S/C24H28N6OS2/c1-16(11-26-23-27-14-19(32-2)15-28-23)12-29-24-30-20-9-8-18(10-21(20)33-24)22(31)25-13-17-6-4-3-5-7-17/h3-10,14-16,22,25,31H,11-13H2,1-2H3,(H,29,30)(H,26,27,28). The van der Waals surface area contributed by atoms with Crippen molar-refractivity contribution in [3.63, 3.8) is 0 Å². The number of anilines is 2. The quantitative estimate of drug-likeness (QED) is 0.180. The molecule has 4 N–H and O–H groups in total. The lowest BCUT2D eigenvalue weighted by Gasteiger charge is -2.13. The summed E-state index contributed by atoms with van der Waals surface area (Å²) in [7, 11) is 0. The highest BCUT2D eigenvalue weighted by Gasteiger charge is 2.11. The van der Waals surface area contributed by atoms with Gasteiger partial charge in [-0.05, 0) is 35.4 Å². The molecule has 4 rings (SSSR count). The Bertz CT molecular complexity index is 1150. The number of benzene rings is 2. The maximum absolute atomic E-state index is 10.5. The number of nitrogens with zero attached hydrogens (tertiary/aromatic N) is 3. The lowest BCUT2D eigenvalue weighted by atomic mass is 10.1. The predicted octanol–water partition coefficient (Wildman–Crippen LogP) is 4.75. The molecule has 2 unspecified atom stereocenters. The summed E-state index contributed by atoms with van der Waals surface area (Å²) in [6.45, 7) is 4.31. The van der Waals surface area contributed by atoms with Crippen molar-refractivity contribution in [1.82, 2.24) is 20.3 Å². The van der Waals surface area contributed by atoms with Gasteiger partial charge in [0, 0.05) is 36.9 Å². The van der Waals surface area contributed by atoms with Gasteiger partial charge in [0.15, 0.2) is 5.13 Å². The molecule has 2 atom stereocenters. The SMILES string of the molecule is CSc1cnc(NCC(C)CNc2nc3ccc(C(O)NCc4ccccc4)cc3s2)nc1. The molecule has 2 heterocycles. The van der Waals surface area contributed by atoms with E-state index in [9.17, 15) is 5.11 Å². The first-order valence-electron chi connectivity index (χ1n) is 10.8. The molecule has 0 amide bonds. The molecular formula is C24H28N6OS2. The van der Waals surface area contributed by atoms with Crippen LogP contribution in [0.2, 0.25) is 0 Å². The number of nitrogens with one attached hydrogen (secondary N) is 3. The maximum Gasteiger partial charge on any atom is 0.222 e. The number of thioether (sulfide) groups is 1. The Morgan fingerprint density at radius 2 is 1.79 bits per heavy atom. The van der Waals surface area contributed by atoms with E-state index in [1.54, 1.807) is 23.1 Å². The first kappa shape index (κ1) is 23.4. The van der Waals surface area contributed by atoms with Gasteiger partial charge in [-0.25, -0.2) is 15.0 Å². The number of hydrogen-bond donors (Lipinski definition) is 4. The van der Waals surface area contributed by atoms with E-state index in [1.165, 1.54) is 0 Å². The Kier molecular flexibility index (Phi) is 8.11. The van der Waals surface area contributed by atoms with Crippen LogP contribution in [0.25, 0.3) is 10.2 Å². The summed E-state index contributed by atoms with van der Waals surface area (Å²) in [6.07, 6.45) is 4.93. The van der Waals surface area contributed by atoms with Crippen molar-refractivity contribution in [3.05, 3.63) is 72.1 Å². The largest absolute Gasteiger partial charge is 0.374 e. The number of aliphatic hydroxyl groups excluding tert-OH is 1. The van der Waals surface area contributed by atoms with Crippen LogP contribution in [0.4, 0.5) is 11.1 Å². The fourth-order valence-corrected chi connectivity index (χ4v) is 4.46. The molecule has 2 aromatic heterocycles. The molecule has 0 radical (unpaired) electrons. The van der Waals surface area contributed by atoms with Crippen molar-refractivity contribution in [3.8, 4) is 0 Å². The summed E-state index contributed by atoms with van der Waals surface area (Å²) in [6, 6.07) is 15.9. The molecule has 0 aliphatic carbocycles.